The van der Waals surface area contributed by atoms with E-state index in [-0.39, 0.29) is 22.7 Å². The van der Waals surface area contributed by atoms with Crippen LogP contribution in [-0.2, 0) is 0 Å². The summed E-state index contributed by atoms with van der Waals surface area (Å²) in [6, 6.07) is 11.2. The largest absolute Gasteiger partial charge is 0.459 e. The molecule has 1 amide bonds. The van der Waals surface area contributed by atoms with Crippen LogP contribution in [0.3, 0.4) is 0 Å². The molecule has 1 aliphatic heterocycles. The van der Waals surface area contributed by atoms with Crippen molar-refractivity contribution in [3.05, 3.63) is 59.0 Å². The van der Waals surface area contributed by atoms with Gasteiger partial charge in [0.25, 0.3) is 5.91 Å². The third-order valence-corrected chi connectivity index (χ3v) is 6.73. The number of hydrogen-bond acceptors (Lipinski definition) is 2. The zero-order valence-corrected chi connectivity index (χ0v) is 15.5. The van der Waals surface area contributed by atoms with E-state index in [1.165, 1.54) is 6.26 Å². The summed E-state index contributed by atoms with van der Waals surface area (Å²) >= 11 is 13.6. The molecule has 3 nitrogen and oxygen atoms in total. The van der Waals surface area contributed by atoms with Crippen molar-refractivity contribution in [1.82, 2.24) is 4.90 Å². The van der Waals surface area contributed by atoms with E-state index >= 15 is 0 Å². The highest BCUT2D eigenvalue weighted by Crippen LogP contribution is 2.53. The molecule has 2 fully saturated rings. The first-order chi connectivity index (χ1) is 12.1. The van der Waals surface area contributed by atoms with Crippen LogP contribution >= 0.6 is 23.2 Å². The molecule has 1 aromatic carbocycles. The normalized spacial score (nSPS) is 29.3. The van der Waals surface area contributed by atoms with Gasteiger partial charge in [-0.3, -0.25) is 4.79 Å². The lowest BCUT2D eigenvalue weighted by Crippen LogP contribution is -2.53. The molecule has 1 saturated heterocycles. The molecule has 5 heteroatoms. The summed E-state index contributed by atoms with van der Waals surface area (Å²) in [5.41, 5.74) is 0.987. The van der Waals surface area contributed by atoms with Crippen molar-refractivity contribution in [3.63, 3.8) is 0 Å². The molecular formula is C20H21Cl2NO2. The lowest BCUT2D eigenvalue weighted by atomic mass is 9.68. The Balaban J connectivity index is 1.78. The molecule has 0 spiro atoms. The van der Waals surface area contributed by atoms with E-state index in [0.717, 1.165) is 37.7 Å². The molecule has 2 aliphatic rings. The monoisotopic (exact) mass is 377 g/mol. The van der Waals surface area contributed by atoms with Gasteiger partial charge in [-0.05, 0) is 43.0 Å². The number of piperidine rings is 1. The summed E-state index contributed by atoms with van der Waals surface area (Å²) in [5.74, 6) is 0.490. The average Bonchev–Trinajstić information content (AvgIpc) is 3.15. The molecule has 3 unspecified atom stereocenters. The second-order valence-corrected chi connectivity index (χ2v) is 8.24. The lowest BCUT2D eigenvalue weighted by Gasteiger charge is -2.52. The minimum atomic E-state index is -0.248. The summed E-state index contributed by atoms with van der Waals surface area (Å²) in [7, 11) is 0. The molecule has 4 rings (SSSR count). The Morgan fingerprint density at radius 1 is 1.16 bits per heavy atom. The minimum Gasteiger partial charge on any atom is -0.459 e. The van der Waals surface area contributed by atoms with Crippen molar-refractivity contribution in [2.75, 3.05) is 6.54 Å². The number of hydrogen-bond donors (Lipinski definition) is 0. The summed E-state index contributed by atoms with van der Waals surface area (Å²) in [4.78, 5) is 14.7. The smallest absolute Gasteiger partial charge is 0.290 e. The highest BCUT2D eigenvalue weighted by Gasteiger charge is 2.50. The zero-order valence-electron chi connectivity index (χ0n) is 14.0. The van der Waals surface area contributed by atoms with Gasteiger partial charge in [0.15, 0.2) is 5.76 Å². The molecule has 25 heavy (non-hydrogen) atoms. The summed E-state index contributed by atoms with van der Waals surface area (Å²) in [5, 5.41) is 0.691. The van der Waals surface area contributed by atoms with E-state index in [0.29, 0.717) is 17.3 Å². The van der Waals surface area contributed by atoms with Gasteiger partial charge in [0, 0.05) is 17.5 Å². The molecule has 1 aromatic heterocycles. The van der Waals surface area contributed by atoms with Crippen LogP contribution in [0.4, 0.5) is 0 Å². The standard InChI is InChI=1S/C20H21Cl2NO2/c21-16-8-2-1-6-14(16)18-15-7-3-4-10-20(15,22)11-12-23(18)19(24)17-9-5-13-25-17/h1-2,5-6,8-9,13,15,18H,3-4,7,10-12H2. The quantitative estimate of drug-likeness (QED) is 0.629. The van der Waals surface area contributed by atoms with Crippen LogP contribution in [0.2, 0.25) is 5.02 Å². The van der Waals surface area contributed by atoms with Gasteiger partial charge in [-0.2, -0.15) is 0 Å². The molecule has 0 radical (unpaired) electrons. The minimum absolute atomic E-state index is 0.0841. The van der Waals surface area contributed by atoms with Crippen LogP contribution in [0.1, 0.15) is 54.3 Å². The fourth-order valence-electron chi connectivity index (χ4n) is 4.51. The number of halogens is 2. The third-order valence-electron chi connectivity index (χ3n) is 5.72. The predicted octanol–water partition coefficient (Wildman–Crippen LogP) is 5.69. The highest BCUT2D eigenvalue weighted by molar-refractivity contribution is 6.31. The van der Waals surface area contributed by atoms with E-state index in [1.807, 2.05) is 29.2 Å². The van der Waals surface area contributed by atoms with Crippen LogP contribution in [0.25, 0.3) is 0 Å². The second kappa shape index (κ2) is 6.69. The number of nitrogens with zero attached hydrogens (tertiary/aromatic N) is 1. The highest BCUT2D eigenvalue weighted by atomic mass is 35.5. The number of alkyl halides is 1. The third kappa shape index (κ3) is 2.98. The fourth-order valence-corrected chi connectivity index (χ4v) is 5.20. The van der Waals surface area contributed by atoms with Crippen molar-refractivity contribution < 1.29 is 9.21 Å². The predicted molar refractivity (Wildman–Crippen MR) is 99.1 cm³/mol. The van der Waals surface area contributed by atoms with Gasteiger partial charge in [-0.1, -0.05) is 42.6 Å². The van der Waals surface area contributed by atoms with E-state index in [9.17, 15) is 4.79 Å². The molecular weight excluding hydrogens is 357 g/mol. The Bertz CT molecular complexity index is 761. The van der Waals surface area contributed by atoms with Gasteiger partial charge < -0.3 is 9.32 Å². The molecule has 2 aromatic rings. The van der Waals surface area contributed by atoms with Gasteiger partial charge in [0.05, 0.1) is 17.2 Å². The number of carbonyl (C=O) groups excluding carboxylic acids is 1. The number of likely N-dealkylation sites (tertiary alicyclic amines) is 1. The van der Waals surface area contributed by atoms with E-state index < -0.39 is 0 Å². The van der Waals surface area contributed by atoms with Crippen LogP contribution in [0.15, 0.2) is 47.1 Å². The van der Waals surface area contributed by atoms with Crippen LogP contribution in [-0.4, -0.2) is 22.2 Å². The van der Waals surface area contributed by atoms with Crippen LogP contribution < -0.4 is 0 Å². The first kappa shape index (κ1) is 17.0. The molecule has 0 bridgehead atoms. The zero-order chi connectivity index (χ0) is 17.4. The van der Waals surface area contributed by atoms with Crippen LogP contribution in [0, 0.1) is 5.92 Å². The summed E-state index contributed by atoms with van der Waals surface area (Å²) in [6.07, 6.45) is 6.66. The van der Waals surface area contributed by atoms with E-state index in [1.54, 1.807) is 12.1 Å². The Hall–Kier alpha value is -1.45. The molecule has 0 N–H and O–H groups in total. The number of carbonyl (C=O) groups is 1. The molecule has 3 atom stereocenters. The summed E-state index contributed by atoms with van der Waals surface area (Å²) < 4.78 is 5.37. The summed E-state index contributed by atoms with van der Waals surface area (Å²) in [6.45, 7) is 0.620. The van der Waals surface area contributed by atoms with Gasteiger partial charge in [0.1, 0.15) is 0 Å². The topological polar surface area (TPSA) is 33.5 Å². The van der Waals surface area contributed by atoms with E-state index in [2.05, 4.69) is 0 Å². The molecule has 2 heterocycles. The second-order valence-electron chi connectivity index (χ2n) is 7.08. The van der Waals surface area contributed by atoms with Crippen molar-refractivity contribution >= 4 is 29.1 Å². The van der Waals surface area contributed by atoms with E-state index in [4.69, 9.17) is 27.6 Å². The number of amides is 1. The Morgan fingerprint density at radius 3 is 2.76 bits per heavy atom. The van der Waals surface area contributed by atoms with Crippen LogP contribution in [0.5, 0.6) is 0 Å². The van der Waals surface area contributed by atoms with Crippen molar-refractivity contribution in [3.8, 4) is 0 Å². The Morgan fingerprint density at radius 2 is 2.00 bits per heavy atom. The number of rotatable bonds is 2. The van der Waals surface area contributed by atoms with Gasteiger partial charge in [0.2, 0.25) is 0 Å². The Labute approximate surface area is 157 Å². The maximum Gasteiger partial charge on any atom is 0.290 e. The number of benzene rings is 1. The average molecular weight is 378 g/mol. The SMILES string of the molecule is O=C(c1ccco1)N1CCC2(Cl)CCCCC2C1c1ccccc1Cl. The molecule has 1 saturated carbocycles. The van der Waals surface area contributed by atoms with Gasteiger partial charge in [-0.15, -0.1) is 11.6 Å². The number of fused-ring (bicyclic) bond motifs is 1. The lowest BCUT2D eigenvalue weighted by molar-refractivity contribution is 0.0255. The Kier molecular flexibility index (Phi) is 4.55. The van der Waals surface area contributed by atoms with Gasteiger partial charge in [-0.25, -0.2) is 0 Å². The number of furan rings is 1. The molecule has 1 aliphatic carbocycles. The van der Waals surface area contributed by atoms with Gasteiger partial charge >= 0.3 is 0 Å². The van der Waals surface area contributed by atoms with Crippen molar-refractivity contribution in [2.24, 2.45) is 5.92 Å². The maximum absolute atomic E-state index is 13.1. The first-order valence-corrected chi connectivity index (χ1v) is 9.63. The molecule has 132 valence electrons. The van der Waals surface area contributed by atoms with Crippen molar-refractivity contribution in [2.45, 2.75) is 43.0 Å². The van der Waals surface area contributed by atoms with Crippen molar-refractivity contribution in [1.29, 1.82) is 0 Å². The maximum atomic E-state index is 13.1. The first-order valence-electron chi connectivity index (χ1n) is 8.88. The fraction of sp³-hybridized carbons (Fsp3) is 0.450.